The summed E-state index contributed by atoms with van der Waals surface area (Å²) in [7, 11) is 0. The molecule has 1 N–H and O–H groups in total. The number of hydrogen-bond donors (Lipinski definition) is 1. The number of ether oxygens (including phenoxy) is 2. The highest BCUT2D eigenvalue weighted by Crippen LogP contribution is 2.23. The van der Waals surface area contributed by atoms with Crippen molar-refractivity contribution in [3.05, 3.63) is 28.4 Å². The lowest BCUT2D eigenvalue weighted by atomic mass is 9.94. The first-order valence-corrected chi connectivity index (χ1v) is 26.7. The zero-order chi connectivity index (χ0) is 46.0. The van der Waals surface area contributed by atoms with Crippen molar-refractivity contribution in [2.75, 3.05) is 31.5 Å². The van der Waals surface area contributed by atoms with Crippen molar-refractivity contribution in [1.82, 2.24) is 9.88 Å². The van der Waals surface area contributed by atoms with Crippen LogP contribution in [0.2, 0.25) is 0 Å². The van der Waals surface area contributed by atoms with E-state index >= 15 is 0 Å². The minimum Gasteiger partial charge on any atom is -0.462 e. The number of unbranched alkanes of at least 4 members (excludes halogenated alkanes) is 21. The standard InChI is InChI=1S/C53H98N4O6/c1-6-10-13-16-20-27-36-48(9-4)62-51(58)39-29-22-18-24-31-43-56(45-34-42-55-53-50(57(60)61)38-33-41-54-53)44-32-25-19-23-30-40-52(59)63-49(37-28-21-17-14-11-7-2)46-47(5)35-26-15-12-8-3/h33,38,41,47-49H,6-32,34-37,39-40,42-46H2,1-5H3,(H,54,55)/t47-,48?,49?/m1/s1. The lowest BCUT2D eigenvalue weighted by Gasteiger charge is -2.22. The second-order valence-corrected chi connectivity index (χ2v) is 18.7. The molecule has 0 aliphatic rings. The highest BCUT2D eigenvalue weighted by Gasteiger charge is 2.18. The van der Waals surface area contributed by atoms with Crippen LogP contribution in [-0.2, 0) is 19.1 Å². The van der Waals surface area contributed by atoms with Crippen molar-refractivity contribution in [2.24, 2.45) is 5.92 Å². The summed E-state index contributed by atoms with van der Waals surface area (Å²) in [5.41, 5.74) is 0.00461. The van der Waals surface area contributed by atoms with Crippen LogP contribution in [0.3, 0.4) is 0 Å². The molecule has 366 valence electrons. The number of nitro groups is 1. The Bertz CT molecular complexity index is 1230. The average molecular weight is 887 g/mol. The lowest BCUT2D eigenvalue weighted by molar-refractivity contribution is -0.384. The molecular formula is C53H98N4O6. The Balaban J connectivity index is 2.47. The summed E-state index contributed by atoms with van der Waals surface area (Å²) in [5.74, 6) is 0.872. The molecule has 0 spiro atoms. The number of esters is 2. The topological polar surface area (TPSA) is 124 Å². The van der Waals surface area contributed by atoms with E-state index < -0.39 is 4.92 Å². The third kappa shape index (κ3) is 34.3. The Labute approximate surface area is 387 Å². The van der Waals surface area contributed by atoms with Crippen molar-refractivity contribution in [3.63, 3.8) is 0 Å². The summed E-state index contributed by atoms with van der Waals surface area (Å²) >= 11 is 0. The van der Waals surface area contributed by atoms with Gasteiger partial charge in [0, 0.05) is 31.6 Å². The van der Waals surface area contributed by atoms with Crippen LogP contribution in [0.4, 0.5) is 11.5 Å². The maximum absolute atomic E-state index is 13.0. The van der Waals surface area contributed by atoms with Crippen LogP contribution in [0, 0.1) is 16.0 Å². The van der Waals surface area contributed by atoms with Crippen LogP contribution in [0.5, 0.6) is 0 Å². The summed E-state index contributed by atoms with van der Waals surface area (Å²) < 4.78 is 12.0. The molecule has 1 rings (SSSR count). The average Bonchev–Trinajstić information content (AvgIpc) is 3.27. The van der Waals surface area contributed by atoms with Gasteiger partial charge in [-0.3, -0.25) is 19.7 Å². The number of carbonyl (C=O) groups excluding carboxylic acids is 2. The molecular weight excluding hydrogens is 789 g/mol. The van der Waals surface area contributed by atoms with Crippen LogP contribution in [0.25, 0.3) is 0 Å². The Morgan fingerprint density at radius 2 is 1.06 bits per heavy atom. The Kier molecular flexibility index (Phi) is 38.8. The Morgan fingerprint density at radius 3 is 1.60 bits per heavy atom. The molecule has 2 unspecified atom stereocenters. The Morgan fingerprint density at radius 1 is 0.619 bits per heavy atom. The second-order valence-electron chi connectivity index (χ2n) is 18.7. The summed E-state index contributed by atoms with van der Waals surface area (Å²) in [6.07, 6.45) is 39.6. The number of nitrogens with one attached hydrogen (secondary N) is 1. The molecule has 10 nitrogen and oxygen atoms in total. The lowest BCUT2D eigenvalue weighted by Crippen LogP contribution is -2.28. The van der Waals surface area contributed by atoms with Crippen molar-refractivity contribution < 1.29 is 24.0 Å². The van der Waals surface area contributed by atoms with Gasteiger partial charge in [0.2, 0.25) is 5.82 Å². The van der Waals surface area contributed by atoms with Gasteiger partial charge in [-0.2, -0.15) is 0 Å². The quantitative estimate of drug-likeness (QED) is 0.0295. The van der Waals surface area contributed by atoms with Gasteiger partial charge in [-0.25, -0.2) is 4.98 Å². The fraction of sp³-hybridized carbons (Fsp3) is 0.868. The van der Waals surface area contributed by atoms with E-state index in [1.165, 1.54) is 102 Å². The van der Waals surface area contributed by atoms with E-state index in [2.05, 4.69) is 49.8 Å². The van der Waals surface area contributed by atoms with Crippen molar-refractivity contribution >= 4 is 23.4 Å². The zero-order valence-corrected chi connectivity index (χ0v) is 41.6. The van der Waals surface area contributed by atoms with Crippen molar-refractivity contribution in [3.8, 4) is 0 Å². The molecule has 0 aromatic carbocycles. The van der Waals surface area contributed by atoms with E-state index in [1.54, 1.807) is 12.3 Å². The number of pyridine rings is 1. The van der Waals surface area contributed by atoms with Gasteiger partial charge < -0.3 is 19.7 Å². The molecule has 10 heteroatoms. The summed E-state index contributed by atoms with van der Waals surface area (Å²) in [6.45, 7) is 14.8. The fourth-order valence-electron chi connectivity index (χ4n) is 8.65. The van der Waals surface area contributed by atoms with E-state index in [1.807, 2.05) is 0 Å². The first kappa shape index (κ1) is 58.3. The molecule has 0 amide bonds. The van der Waals surface area contributed by atoms with Gasteiger partial charge in [-0.1, -0.05) is 169 Å². The molecule has 0 bridgehead atoms. The smallest absolute Gasteiger partial charge is 0.311 e. The highest BCUT2D eigenvalue weighted by atomic mass is 16.6. The molecule has 0 saturated heterocycles. The molecule has 63 heavy (non-hydrogen) atoms. The first-order chi connectivity index (χ1) is 30.7. The van der Waals surface area contributed by atoms with Crippen molar-refractivity contribution in [1.29, 1.82) is 0 Å². The first-order valence-electron chi connectivity index (χ1n) is 26.7. The maximum atomic E-state index is 13.0. The van der Waals surface area contributed by atoms with Gasteiger partial charge in [-0.05, 0) is 102 Å². The SMILES string of the molecule is CCCCCCCCC(CC)OC(=O)CCCCCCCN(CCCCCCCC(=O)OC(CCCCCCCC)C[C@H](C)CCCCCC)CCCNc1ncccc1[N+](=O)[O-]. The third-order valence-electron chi connectivity index (χ3n) is 12.7. The van der Waals surface area contributed by atoms with Crippen LogP contribution < -0.4 is 5.32 Å². The monoisotopic (exact) mass is 887 g/mol. The summed E-state index contributed by atoms with van der Waals surface area (Å²) in [6, 6.07) is 3.08. The van der Waals surface area contributed by atoms with Crippen LogP contribution in [0.1, 0.15) is 253 Å². The maximum Gasteiger partial charge on any atom is 0.311 e. The van der Waals surface area contributed by atoms with E-state index in [9.17, 15) is 19.7 Å². The van der Waals surface area contributed by atoms with Crippen LogP contribution in [0.15, 0.2) is 18.3 Å². The number of hydrogen-bond acceptors (Lipinski definition) is 9. The highest BCUT2D eigenvalue weighted by molar-refractivity contribution is 5.69. The number of carbonyl (C=O) groups is 2. The molecule has 1 heterocycles. The number of anilines is 1. The van der Waals surface area contributed by atoms with Gasteiger partial charge >= 0.3 is 17.6 Å². The minimum atomic E-state index is -0.390. The Hall–Kier alpha value is -2.75. The number of nitrogens with zero attached hydrogens (tertiary/aromatic N) is 3. The summed E-state index contributed by atoms with van der Waals surface area (Å²) in [5, 5.41) is 14.6. The zero-order valence-electron chi connectivity index (χ0n) is 41.6. The van der Waals surface area contributed by atoms with Gasteiger partial charge in [0.1, 0.15) is 12.2 Å². The van der Waals surface area contributed by atoms with Gasteiger partial charge in [-0.15, -0.1) is 0 Å². The van der Waals surface area contributed by atoms with E-state index in [-0.39, 0.29) is 29.8 Å². The predicted molar refractivity (Wildman–Crippen MR) is 264 cm³/mol. The van der Waals surface area contributed by atoms with E-state index in [0.29, 0.717) is 31.1 Å². The van der Waals surface area contributed by atoms with Gasteiger partial charge in [0.25, 0.3) is 0 Å². The number of aromatic nitrogens is 1. The van der Waals surface area contributed by atoms with E-state index in [4.69, 9.17) is 9.47 Å². The van der Waals surface area contributed by atoms with Crippen molar-refractivity contribution in [2.45, 2.75) is 265 Å². The molecule has 0 aliphatic carbocycles. The minimum absolute atomic E-state index is 0.00461. The molecule has 1 aromatic heterocycles. The summed E-state index contributed by atoms with van der Waals surface area (Å²) in [4.78, 5) is 43.3. The molecule has 0 saturated carbocycles. The van der Waals surface area contributed by atoms with Crippen LogP contribution >= 0.6 is 0 Å². The molecule has 0 aliphatic heterocycles. The van der Waals surface area contributed by atoms with Gasteiger partial charge in [0.15, 0.2) is 0 Å². The fourth-order valence-corrected chi connectivity index (χ4v) is 8.65. The third-order valence-corrected chi connectivity index (χ3v) is 12.7. The normalized spacial score (nSPS) is 12.9. The van der Waals surface area contributed by atoms with Crippen LogP contribution in [-0.4, -0.2) is 65.1 Å². The molecule has 0 fully saturated rings. The molecule has 1 aromatic rings. The largest absolute Gasteiger partial charge is 0.462 e. The van der Waals surface area contributed by atoms with E-state index in [0.717, 1.165) is 129 Å². The predicted octanol–water partition coefficient (Wildman–Crippen LogP) is 15.5. The number of rotatable bonds is 46. The second kappa shape index (κ2) is 41.9. The van der Waals surface area contributed by atoms with Gasteiger partial charge in [0.05, 0.1) is 4.92 Å². The molecule has 0 radical (unpaired) electrons. The molecule has 3 atom stereocenters.